The van der Waals surface area contributed by atoms with Gasteiger partial charge >= 0.3 is 0 Å². The summed E-state index contributed by atoms with van der Waals surface area (Å²) in [5.41, 5.74) is 0. The van der Waals surface area contributed by atoms with Gasteiger partial charge in [-0.2, -0.15) is 12.1 Å². The van der Waals surface area contributed by atoms with Gasteiger partial charge in [-0.25, -0.2) is 12.1 Å². The molecule has 0 bridgehead atoms. The number of rotatable bonds is 7. The molecule has 0 atom stereocenters. The van der Waals surface area contributed by atoms with E-state index in [0.29, 0.717) is 0 Å². The fraction of sp³-hybridized carbons (Fsp3) is 0.444. The van der Waals surface area contributed by atoms with Crippen molar-refractivity contribution in [2.45, 2.75) is 39.5 Å². The molecule has 0 nitrogen and oxygen atoms in total. The Kier molecular flexibility index (Phi) is 13.6. The predicted molar refractivity (Wildman–Crippen MR) is 90.2 cm³/mol. The van der Waals surface area contributed by atoms with Crippen LogP contribution in [-0.2, 0) is 19.5 Å². The van der Waals surface area contributed by atoms with Gasteiger partial charge < -0.3 is 30.3 Å². The molecule has 2 aromatic carbocycles. The molecule has 0 fully saturated rings. The first-order chi connectivity index (χ1) is 9.38. The second-order valence-electron chi connectivity index (χ2n) is 4.80. The van der Waals surface area contributed by atoms with Crippen LogP contribution in [0.5, 0.6) is 0 Å². The van der Waals surface area contributed by atoms with Crippen molar-refractivity contribution in [1.82, 2.24) is 0 Å². The molecule has 20 heavy (non-hydrogen) atoms. The van der Waals surface area contributed by atoms with Crippen LogP contribution >= 0.6 is 7.92 Å². The van der Waals surface area contributed by atoms with E-state index in [1.54, 1.807) is 5.30 Å². The van der Waals surface area contributed by atoms with E-state index < -0.39 is 0 Å². The van der Waals surface area contributed by atoms with Crippen molar-refractivity contribution in [2.75, 3.05) is 12.3 Å². The summed E-state index contributed by atoms with van der Waals surface area (Å²) in [6, 6.07) is 19.0. The van der Waals surface area contributed by atoms with Crippen LogP contribution < -0.4 is 5.30 Å². The molecule has 2 rings (SSSR count). The smallest absolute Gasteiger partial charge is 0 e. The summed E-state index contributed by atoms with van der Waals surface area (Å²) in [4.78, 5) is 0. The molecular weight excluding hydrogens is 348 g/mol. The van der Waals surface area contributed by atoms with Crippen molar-refractivity contribution in [3.63, 3.8) is 0 Å². The molecule has 0 heterocycles. The van der Waals surface area contributed by atoms with Gasteiger partial charge in [0, 0.05) is 19.5 Å². The Balaban J connectivity index is 0.000000507. The monoisotopic (exact) mass is 376 g/mol. The fourth-order valence-corrected chi connectivity index (χ4v) is 4.69. The van der Waals surface area contributed by atoms with Crippen LogP contribution in [0.3, 0.4) is 0 Å². The minimum atomic E-state index is 0. The molecule has 0 aliphatic rings. The second-order valence-corrected chi connectivity index (χ2v) is 7.29. The molecule has 0 amide bonds. The van der Waals surface area contributed by atoms with Gasteiger partial charge in [-0.3, -0.25) is 0 Å². The van der Waals surface area contributed by atoms with Crippen LogP contribution in [0.1, 0.15) is 39.5 Å². The third-order valence-corrected chi connectivity index (χ3v) is 5.87. The molecule has 0 spiro atoms. The van der Waals surface area contributed by atoms with E-state index in [4.69, 9.17) is 0 Å². The van der Waals surface area contributed by atoms with Gasteiger partial charge in [0.15, 0.2) is 0 Å². The minimum absolute atomic E-state index is 0. The molecule has 0 unspecified atom stereocenters. The fourth-order valence-electron chi connectivity index (χ4n) is 1.96. The summed E-state index contributed by atoms with van der Waals surface area (Å²) >= 11 is 0. The van der Waals surface area contributed by atoms with Crippen LogP contribution in [0.15, 0.2) is 54.6 Å². The quantitative estimate of drug-likeness (QED) is 0.340. The zero-order valence-corrected chi connectivity index (χ0v) is 15.4. The molecule has 118 valence electrons. The first kappa shape index (κ1) is 19.8. The summed E-state index contributed by atoms with van der Waals surface area (Å²) in [7, 11) is 0.169. The Morgan fingerprint density at radius 3 is 1.55 bits per heavy atom. The maximum atomic E-state index is 2.32. The number of hydrogen-bond donors (Lipinski definition) is 0. The average molecular weight is 375 g/mol. The van der Waals surface area contributed by atoms with Crippen molar-refractivity contribution in [1.29, 1.82) is 0 Å². The average Bonchev–Trinajstić information content (AvgIpc) is 3.14. The van der Waals surface area contributed by atoms with Crippen LogP contribution in [-0.4, -0.2) is 12.3 Å². The van der Waals surface area contributed by atoms with E-state index >= 15 is 0 Å². The van der Waals surface area contributed by atoms with Crippen molar-refractivity contribution in [3.05, 3.63) is 54.6 Å². The molecular formula is C18H27PRu-6. The number of unbranched alkanes of at least 4 members (excludes halogenated alkanes) is 2. The zero-order valence-electron chi connectivity index (χ0n) is 12.7. The molecule has 2 heteroatoms. The maximum absolute atomic E-state index is 2.32. The predicted octanol–water partition coefficient (Wildman–Crippen LogP) is 5.52. The van der Waals surface area contributed by atoms with Gasteiger partial charge in [-0.15, -0.1) is 13.2 Å². The molecule has 0 saturated carbocycles. The van der Waals surface area contributed by atoms with Crippen molar-refractivity contribution in [3.8, 4) is 0 Å². The van der Waals surface area contributed by atoms with Gasteiger partial charge in [0.2, 0.25) is 0 Å². The Morgan fingerprint density at radius 1 is 0.800 bits per heavy atom. The third kappa shape index (κ3) is 8.83. The topological polar surface area (TPSA) is 0 Å². The minimum Gasteiger partial charge on any atom is -0.748 e. The summed E-state index contributed by atoms with van der Waals surface area (Å²) < 4.78 is 0. The van der Waals surface area contributed by atoms with Gasteiger partial charge in [0.25, 0.3) is 0 Å². The van der Waals surface area contributed by atoms with Crippen LogP contribution in [0, 0.1) is 0 Å². The SMILES string of the molecule is CCCCP(CCCC)[c-]1cccc1.[Ru].[cH-]1[cH-][cH-][cH-][cH-]1. The first-order valence-corrected chi connectivity index (χ1v) is 9.23. The molecule has 2 aromatic rings. The molecule has 0 aliphatic heterocycles. The Labute approximate surface area is 139 Å². The molecule has 0 aliphatic carbocycles. The van der Waals surface area contributed by atoms with Gasteiger partial charge in [0.05, 0.1) is 0 Å². The second kappa shape index (κ2) is 13.7. The number of hydrogen-bond acceptors (Lipinski definition) is 0. The van der Waals surface area contributed by atoms with E-state index in [1.165, 1.54) is 38.0 Å². The van der Waals surface area contributed by atoms with Gasteiger partial charge in [0.1, 0.15) is 0 Å². The summed E-state index contributed by atoms with van der Waals surface area (Å²) in [6.07, 6.45) is 8.37. The standard InChI is InChI=1S/C13H22P.C5H5.Ru/c1-3-5-11-14(12-6-4-2)13-9-7-8-10-13;1-2-4-5-3-1;/h7-10H,3-6,11-12H2,1-2H3;1-5H;/q-1;-5;. The van der Waals surface area contributed by atoms with Gasteiger partial charge in [-0.05, 0) is 12.3 Å². The molecule has 0 radical (unpaired) electrons. The summed E-state index contributed by atoms with van der Waals surface area (Å²) in [5.74, 6) is 0. The Hall–Kier alpha value is -0.247. The van der Waals surface area contributed by atoms with Crippen LogP contribution in [0.4, 0.5) is 0 Å². The summed E-state index contributed by atoms with van der Waals surface area (Å²) in [6.45, 7) is 4.58. The maximum Gasteiger partial charge on any atom is 0 e. The van der Waals surface area contributed by atoms with Crippen molar-refractivity contribution in [2.24, 2.45) is 0 Å². The zero-order chi connectivity index (χ0) is 13.8. The normalized spacial score (nSPS) is 9.75. The van der Waals surface area contributed by atoms with Crippen molar-refractivity contribution >= 4 is 13.2 Å². The van der Waals surface area contributed by atoms with E-state index in [-0.39, 0.29) is 27.4 Å². The van der Waals surface area contributed by atoms with Gasteiger partial charge in [-0.1, -0.05) is 39.5 Å². The largest absolute Gasteiger partial charge is 0.748 e. The molecule has 0 aromatic heterocycles. The van der Waals surface area contributed by atoms with Crippen LogP contribution in [0.25, 0.3) is 0 Å². The Bertz CT molecular complexity index is 339. The van der Waals surface area contributed by atoms with Crippen LogP contribution in [0.2, 0.25) is 0 Å². The third-order valence-electron chi connectivity index (χ3n) is 3.13. The van der Waals surface area contributed by atoms with E-state index in [1.807, 2.05) is 30.3 Å². The molecule has 0 N–H and O–H groups in total. The molecule has 0 saturated heterocycles. The van der Waals surface area contributed by atoms with E-state index in [2.05, 4.69) is 38.1 Å². The van der Waals surface area contributed by atoms with Crippen molar-refractivity contribution < 1.29 is 19.5 Å². The Morgan fingerprint density at radius 2 is 1.20 bits per heavy atom. The summed E-state index contributed by atoms with van der Waals surface area (Å²) in [5, 5.41) is 1.63. The van der Waals surface area contributed by atoms with E-state index in [0.717, 1.165) is 0 Å². The first-order valence-electron chi connectivity index (χ1n) is 7.51. The van der Waals surface area contributed by atoms with E-state index in [9.17, 15) is 0 Å².